The van der Waals surface area contributed by atoms with Crippen molar-refractivity contribution in [2.75, 3.05) is 0 Å². The van der Waals surface area contributed by atoms with Crippen molar-refractivity contribution in [3.8, 4) is 5.88 Å². The number of sulfone groups is 1. The summed E-state index contributed by atoms with van der Waals surface area (Å²) in [7, 11) is -3.48. The first-order chi connectivity index (χ1) is 11.7. The van der Waals surface area contributed by atoms with Gasteiger partial charge in [-0.2, -0.15) is 27.1 Å². The second kappa shape index (κ2) is 6.35. The molecule has 26 heavy (non-hydrogen) atoms. The maximum Gasteiger partial charge on any atom is 0.435 e. The van der Waals surface area contributed by atoms with E-state index in [2.05, 4.69) is 15.0 Å². The first-order valence-corrected chi connectivity index (χ1v) is 8.88. The highest BCUT2D eigenvalue weighted by Gasteiger charge is 2.46. The monoisotopic (exact) mass is 405 g/mol. The maximum absolute atomic E-state index is 13.2. The number of rotatable bonds is 4. The second-order valence-corrected chi connectivity index (χ2v) is 8.17. The van der Waals surface area contributed by atoms with Crippen molar-refractivity contribution in [3.63, 3.8) is 0 Å². The number of alkyl halides is 5. The predicted molar refractivity (Wildman–Crippen MR) is 79.2 cm³/mol. The number of halogens is 5. The van der Waals surface area contributed by atoms with Gasteiger partial charge in [-0.3, -0.25) is 0 Å². The number of aryl methyl sites for hydroxylation is 1. The molecule has 13 heteroatoms. The molecule has 0 spiro atoms. The van der Waals surface area contributed by atoms with E-state index in [1.54, 1.807) is 13.8 Å². The summed E-state index contributed by atoms with van der Waals surface area (Å²) in [4.78, 5) is 5.00. The van der Waals surface area contributed by atoms with Crippen LogP contribution in [0.15, 0.2) is 5.16 Å². The second-order valence-electron chi connectivity index (χ2n) is 6.24. The van der Waals surface area contributed by atoms with Gasteiger partial charge in [-0.25, -0.2) is 13.1 Å². The molecule has 0 fully saturated rings. The van der Waals surface area contributed by atoms with E-state index in [1.165, 1.54) is 6.92 Å². The maximum atomic E-state index is 13.2. The third-order valence-electron chi connectivity index (χ3n) is 3.99. The molecule has 148 valence electrons. The largest absolute Gasteiger partial charge is 0.435 e. The zero-order chi connectivity index (χ0) is 20.1. The highest BCUT2D eigenvalue weighted by Crippen LogP contribution is 2.38. The summed E-state index contributed by atoms with van der Waals surface area (Å²) in [5, 5.41) is 6.08. The molecule has 1 aromatic heterocycles. The number of oxime groups is 1. The molecule has 0 saturated carbocycles. The van der Waals surface area contributed by atoms with Crippen molar-refractivity contribution < 1.29 is 39.9 Å². The third kappa shape index (κ3) is 3.76. The molecule has 0 amide bonds. The normalized spacial score (nSPS) is 20.2. The summed E-state index contributed by atoms with van der Waals surface area (Å²) in [6.45, 7) is 1.13. The van der Waals surface area contributed by atoms with Crippen LogP contribution in [-0.2, 0) is 33.7 Å². The summed E-state index contributed by atoms with van der Waals surface area (Å²) in [5.41, 5.74) is -3.61. The van der Waals surface area contributed by atoms with Gasteiger partial charge in [0.25, 0.3) is 0 Å². The highest BCUT2D eigenvalue weighted by molar-refractivity contribution is 8.05. The Morgan fingerprint density at radius 3 is 2.35 bits per heavy atom. The highest BCUT2D eigenvalue weighted by atomic mass is 32.2. The van der Waals surface area contributed by atoms with Crippen LogP contribution in [-0.4, -0.2) is 35.5 Å². The van der Waals surface area contributed by atoms with E-state index in [9.17, 15) is 30.4 Å². The first kappa shape index (κ1) is 20.4. The molecule has 7 nitrogen and oxygen atoms in total. The van der Waals surface area contributed by atoms with E-state index in [0.717, 1.165) is 7.05 Å². The van der Waals surface area contributed by atoms with Crippen molar-refractivity contribution in [1.82, 2.24) is 9.78 Å². The van der Waals surface area contributed by atoms with Gasteiger partial charge in [0.2, 0.25) is 5.88 Å². The molecule has 0 aliphatic carbocycles. The van der Waals surface area contributed by atoms with Crippen LogP contribution in [0.1, 0.15) is 32.0 Å². The van der Waals surface area contributed by atoms with E-state index in [0.29, 0.717) is 4.68 Å². The molecule has 2 rings (SSSR count). The molecule has 0 N–H and O–H groups in total. The fraction of sp³-hybridized carbons (Fsp3) is 0.692. The molecule has 0 aromatic carbocycles. The van der Waals surface area contributed by atoms with Crippen molar-refractivity contribution in [2.45, 2.75) is 44.9 Å². The van der Waals surface area contributed by atoms with Gasteiger partial charge in [0.05, 0.1) is 17.2 Å². The Balaban J connectivity index is 2.51. The average molecular weight is 405 g/mol. The Hall–Kier alpha value is -1.92. The van der Waals surface area contributed by atoms with Gasteiger partial charge in [-0.05, 0) is 13.8 Å². The Morgan fingerprint density at radius 2 is 1.92 bits per heavy atom. The van der Waals surface area contributed by atoms with E-state index in [4.69, 9.17) is 4.84 Å². The van der Waals surface area contributed by atoms with Crippen molar-refractivity contribution in [3.05, 3.63) is 11.3 Å². The lowest BCUT2D eigenvalue weighted by molar-refractivity contribution is -0.142. The lowest BCUT2D eigenvalue weighted by atomic mass is 9.95. The molecular formula is C13H16F5N3O4S. The smallest absolute Gasteiger partial charge is 0.417 e. The van der Waals surface area contributed by atoms with Crippen LogP contribution < -0.4 is 4.74 Å². The molecule has 0 bridgehead atoms. The molecule has 1 aliphatic heterocycles. The Morgan fingerprint density at radius 1 is 1.35 bits per heavy atom. The van der Waals surface area contributed by atoms with Crippen molar-refractivity contribution in [1.29, 1.82) is 0 Å². The number of nitrogens with zero attached hydrogens (tertiary/aromatic N) is 3. The van der Waals surface area contributed by atoms with Crippen molar-refractivity contribution in [2.24, 2.45) is 18.1 Å². The molecular weight excluding hydrogens is 389 g/mol. The summed E-state index contributed by atoms with van der Waals surface area (Å²) in [5.74, 6) is -3.00. The Bertz CT molecular complexity index is 830. The summed E-state index contributed by atoms with van der Waals surface area (Å²) < 4.78 is 94.2. The average Bonchev–Trinajstić information content (AvgIpc) is 2.89. The van der Waals surface area contributed by atoms with Crippen LogP contribution >= 0.6 is 0 Å². The molecule has 1 unspecified atom stereocenters. The van der Waals surface area contributed by atoms with E-state index < -0.39 is 62.1 Å². The van der Waals surface area contributed by atoms with Gasteiger partial charge in [0.15, 0.2) is 20.6 Å². The van der Waals surface area contributed by atoms with Crippen LogP contribution in [0.5, 0.6) is 5.88 Å². The molecule has 1 aliphatic rings. The van der Waals surface area contributed by atoms with Crippen molar-refractivity contribution >= 4 is 14.9 Å². The molecule has 1 atom stereocenters. The van der Waals surface area contributed by atoms with E-state index >= 15 is 0 Å². The zero-order valence-electron chi connectivity index (χ0n) is 14.1. The number of hydrogen-bond donors (Lipinski definition) is 0. The molecule has 0 saturated heterocycles. The fourth-order valence-corrected chi connectivity index (χ4v) is 4.11. The first-order valence-electron chi connectivity index (χ1n) is 7.23. The summed E-state index contributed by atoms with van der Waals surface area (Å²) >= 11 is 0. The fourth-order valence-electron chi connectivity index (χ4n) is 2.35. The minimum absolute atomic E-state index is 0.417. The van der Waals surface area contributed by atoms with Crippen LogP contribution in [0.3, 0.4) is 0 Å². The van der Waals surface area contributed by atoms with E-state index in [-0.39, 0.29) is 0 Å². The van der Waals surface area contributed by atoms with Gasteiger partial charge in [-0.1, -0.05) is 12.1 Å². The number of hydrogen-bond acceptors (Lipinski definition) is 6. The van der Waals surface area contributed by atoms with Crippen LogP contribution in [0, 0.1) is 5.92 Å². The van der Waals surface area contributed by atoms with Gasteiger partial charge in [0, 0.05) is 7.05 Å². The SMILES string of the molecule is CC1C(S(=O)(=O)Cc2c(C(F)(F)F)nn(C)c2OC(F)F)=NOC1(C)C. The molecule has 2 heterocycles. The third-order valence-corrected chi connectivity index (χ3v) is 5.73. The summed E-state index contributed by atoms with van der Waals surface area (Å²) in [6, 6.07) is 0. The minimum Gasteiger partial charge on any atom is -0.417 e. The standard InChI is InChI=1S/C13H16F5N3O4S/c1-6-9(20-25-12(6,2)3)26(22,23)5-7-8(13(16,17)18)19-21(4)10(7)24-11(14)15/h6,11H,5H2,1-4H3. The Labute approximate surface area is 145 Å². The number of aromatic nitrogens is 2. The van der Waals surface area contributed by atoms with Crippen LogP contribution in [0.2, 0.25) is 0 Å². The lowest BCUT2D eigenvalue weighted by Crippen LogP contribution is -2.34. The zero-order valence-corrected chi connectivity index (χ0v) is 15.0. The Kier molecular flexibility index (Phi) is 4.98. The predicted octanol–water partition coefficient (Wildman–Crippen LogP) is 2.71. The van der Waals surface area contributed by atoms with Crippen LogP contribution in [0.25, 0.3) is 0 Å². The van der Waals surface area contributed by atoms with Gasteiger partial charge in [-0.15, -0.1) is 0 Å². The molecule has 1 aromatic rings. The molecule has 0 radical (unpaired) electrons. The number of ether oxygens (including phenoxy) is 1. The van der Waals surface area contributed by atoms with Crippen LogP contribution in [0.4, 0.5) is 22.0 Å². The quantitative estimate of drug-likeness (QED) is 0.720. The minimum atomic E-state index is -5.06. The van der Waals surface area contributed by atoms with Gasteiger partial charge in [0.1, 0.15) is 5.60 Å². The van der Waals surface area contributed by atoms with Gasteiger partial charge >= 0.3 is 12.8 Å². The van der Waals surface area contributed by atoms with E-state index in [1.807, 2.05) is 0 Å². The topological polar surface area (TPSA) is 82.8 Å². The van der Waals surface area contributed by atoms with Gasteiger partial charge < -0.3 is 9.57 Å². The lowest BCUT2D eigenvalue weighted by Gasteiger charge is -2.21. The summed E-state index contributed by atoms with van der Waals surface area (Å²) in [6.07, 6.45) is -5.06.